The van der Waals surface area contributed by atoms with Crippen LogP contribution in [0.25, 0.3) is 0 Å². The predicted octanol–water partition coefficient (Wildman–Crippen LogP) is 16.1. The summed E-state index contributed by atoms with van der Waals surface area (Å²) in [5, 5.41) is 0. The number of ether oxygens (including phenoxy) is 2. The van der Waals surface area contributed by atoms with E-state index in [1.165, 1.54) is 173 Å². The molecule has 0 aromatic carbocycles. The van der Waals surface area contributed by atoms with Gasteiger partial charge in [-0.1, -0.05) is 217 Å². The molecule has 2 unspecified atom stereocenters. The second-order valence-corrected chi connectivity index (χ2v) is 20.4. The summed E-state index contributed by atoms with van der Waals surface area (Å²) in [4.78, 5) is 23.0. The van der Waals surface area contributed by atoms with Crippen molar-refractivity contribution in [2.45, 2.75) is 245 Å². The summed E-state index contributed by atoms with van der Waals surface area (Å²) in [6.07, 6.45) is 56.2. The molecule has 0 aliphatic heterocycles. The number of unbranched alkanes of at least 4 members (excludes halogenated alkanes) is 29. The van der Waals surface area contributed by atoms with E-state index >= 15 is 0 Å². The molecule has 0 aliphatic rings. The molecule has 0 aromatic rings. The zero-order valence-electron chi connectivity index (χ0n) is 41.6. The first-order chi connectivity index (χ1) is 30.1. The molecule has 0 radical (unpaired) electrons. The molecule has 0 rings (SSSR count). The molecule has 2 atom stereocenters. The lowest BCUT2D eigenvalue weighted by atomic mass is 10.0. The van der Waals surface area contributed by atoms with E-state index in [9.17, 15) is 14.3 Å². The molecule has 0 aliphatic carbocycles. The summed E-state index contributed by atoms with van der Waals surface area (Å²) in [5.74, 6) is -0.312. The second-order valence-electron chi connectivity index (χ2n) is 18.9. The summed E-state index contributed by atoms with van der Waals surface area (Å²) in [6.45, 7) is 5.64. The van der Waals surface area contributed by atoms with E-state index < -0.39 is 13.9 Å². The molecule has 9 heteroatoms. The van der Waals surface area contributed by atoms with Crippen LogP contribution in [0, 0.1) is 0 Å². The number of hydrogen-bond acceptors (Lipinski definition) is 6. The van der Waals surface area contributed by atoms with Crippen molar-refractivity contribution in [3.8, 4) is 0 Å². The molecular formula is C53H103NO7P+. The van der Waals surface area contributed by atoms with Crippen LogP contribution in [0.4, 0.5) is 0 Å². The van der Waals surface area contributed by atoms with Crippen molar-refractivity contribution < 1.29 is 37.3 Å². The number of hydrogen-bond donors (Lipinski definition) is 1. The Bertz CT molecular complexity index is 1090. The van der Waals surface area contributed by atoms with Gasteiger partial charge in [-0.3, -0.25) is 13.8 Å². The van der Waals surface area contributed by atoms with Crippen molar-refractivity contribution in [2.24, 2.45) is 0 Å². The molecule has 0 bridgehead atoms. The standard InChI is InChI=1S/C53H102NO7P/c1-6-8-10-12-14-16-18-20-22-23-24-25-26-27-28-29-30-31-32-33-35-37-39-41-43-45-48-58-50-52(51-60-62(56,57)59-49-47-54(3,4)5)61-53(55)46-44-42-40-38-36-34-21-19-17-15-13-11-9-7-2/h18,20,23-24,26-27,52H,6-17,19,21-22,25,28-51H2,1-5H3/p+1/b20-18-,24-23-,27-26-. The zero-order chi connectivity index (χ0) is 45.5. The smallest absolute Gasteiger partial charge is 0.457 e. The fourth-order valence-corrected chi connectivity index (χ4v) is 8.13. The maximum absolute atomic E-state index is 12.7. The molecule has 0 spiro atoms. The maximum Gasteiger partial charge on any atom is 0.472 e. The van der Waals surface area contributed by atoms with Crippen LogP contribution in [0.5, 0.6) is 0 Å². The summed E-state index contributed by atoms with van der Waals surface area (Å²) in [7, 11) is 1.67. The molecule has 0 fully saturated rings. The lowest BCUT2D eigenvalue weighted by Crippen LogP contribution is -2.37. The molecule has 0 saturated carbocycles. The minimum absolute atomic E-state index is 0.0895. The minimum Gasteiger partial charge on any atom is -0.457 e. The summed E-state index contributed by atoms with van der Waals surface area (Å²) in [5.41, 5.74) is 0. The molecule has 62 heavy (non-hydrogen) atoms. The zero-order valence-corrected chi connectivity index (χ0v) is 42.5. The van der Waals surface area contributed by atoms with Gasteiger partial charge < -0.3 is 18.9 Å². The Labute approximate surface area is 385 Å². The Morgan fingerprint density at radius 3 is 1.32 bits per heavy atom. The summed E-state index contributed by atoms with van der Waals surface area (Å²) < 4.78 is 35.1. The molecule has 0 heterocycles. The number of phosphoric acid groups is 1. The van der Waals surface area contributed by atoms with E-state index in [0.717, 1.165) is 44.9 Å². The highest BCUT2D eigenvalue weighted by molar-refractivity contribution is 7.47. The quantitative estimate of drug-likeness (QED) is 0.0214. The van der Waals surface area contributed by atoms with E-state index in [2.05, 4.69) is 50.3 Å². The van der Waals surface area contributed by atoms with Gasteiger partial charge in [0.25, 0.3) is 0 Å². The van der Waals surface area contributed by atoms with Crippen LogP contribution in [0.3, 0.4) is 0 Å². The van der Waals surface area contributed by atoms with E-state index in [1.807, 2.05) is 21.1 Å². The normalized spacial score (nSPS) is 13.8. The first-order valence-electron chi connectivity index (χ1n) is 26.2. The Kier molecular flexibility index (Phi) is 45.3. The predicted molar refractivity (Wildman–Crippen MR) is 266 cm³/mol. The van der Waals surface area contributed by atoms with Gasteiger partial charge in [0.15, 0.2) is 0 Å². The average molecular weight is 897 g/mol. The fourth-order valence-electron chi connectivity index (χ4n) is 7.39. The van der Waals surface area contributed by atoms with Crippen LogP contribution in [0.1, 0.15) is 239 Å². The van der Waals surface area contributed by atoms with Crippen LogP contribution in [0.15, 0.2) is 36.5 Å². The largest absolute Gasteiger partial charge is 0.472 e. The van der Waals surface area contributed by atoms with Crippen molar-refractivity contribution in [2.75, 3.05) is 54.1 Å². The van der Waals surface area contributed by atoms with E-state index in [0.29, 0.717) is 24.1 Å². The molecule has 0 amide bonds. The van der Waals surface area contributed by atoms with Crippen molar-refractivity contribution in [1.82, 2.24) is 0 Å². The maximum atomic E-state index is 12.7. The van der Waals surface area contributed by atoms with E-state index in [4.69, 9.17) is 18.5 Å². The fraction of sp³-hybridized carbons (Fsp3) is 0.868. The summed E-state index contributed by atoms with van der Waals surface area (Å²) in [6, 6.07) is 0. The molecular weight excluding hydrogens is 794 g/mol. The average Bonchev–Trinajstić information content (AvgIpc) is 3.23. The van der Waals surface area contributed by atoms with Gasteiger partial charge in [-0.15, -0.1) is 0 Å². The third-order valence-corrected chi connectivity index (χ3v) is 12.4. The number of phosphoric ester groups is 1. The van der Waals surface area contributed by atoms with Crippen LogP contribution in [-0.2, 0) is 27.9 Å². The number of rotatable bonds is 49. The van der Waals surface area contributed by atoms with Gasteiger partial charge in [0.05, 0.1) is 34.4 Å². The van der Waals surface area contributed by atoms with Crippen LogP contribution in [0.2, 0.25) is 0 Å². The number of likely N-dealkylation sites (N-methyl/N-ethyl adjacent to an activating group) is 1. The Balaban J connectivity index is 4.06. The van der Waals surface area contributed by atoms with Crippen molar-refractivity contribution in [3.63, 3.8) is 0 Å². The summed E-state index contributed by atoms with van der Waals surface area (Å²) >= 11 is 0. The second kappa shape index (κ2) is 46.3. The van der Waals surface area contributed by atoms with Gasteiger partial charge in [0.2, 0.25) is 0 Å². The van der Waals surface area contributed by atoms with Gasteiger partial charge >= 0.3 is 13.8 Å². The van der Waals surface area contributed by atoms with Crippen molar-refractivity contribution in [1.29, 1.82) is 0 Å². The highest BCUT2D eigenvalue weighted by Gasteiger charge is 2.26. The van der Waals surface area contributed by atoms with Gasteiger partial charge in [-0.25, -0.2) is 4.57 Å². The number of quaternary nitrogens is 1. The lowest BCUT2D eigenvalue weighted by molar-refractivity contribution is -0.870. The molecule has 0 aromatic heterocycles. The third-order valence-electron chi connectivity index (χ3n) is 11.5. The van der Waals surface area contributed by atoms with Gasteiger partial charge in [0, 0.05) is 13.0 Å². The number of carbonyl (C=O) groups excluding carboxylic acids is 1. The molecule has 0 saturated heterocycles. The Hall–Kier alpha value is -1.28. The van der Waals surface area contributed by atoms with Crippen LogP contribution < -0.4 is 0 Å². The first kappa shape index (κ1) is 60.7. The third kappa shape index (κ3) is 49.7. The molecule has 8 nitrogen and oxygen atoms in total. The number of nitrogens with zero attached hydrogens (tertiary/aromatic N) is 1. The van der Waals surface area contributed by atoms with Gasteiger partial charge in [-0.05, 0) is 51.4 Å². The van der Waals surface area contributed by atoms with Crippen LogP contribution in [-0.4, -0.2) is 75.6 Å². The SMILES string of the molecule is CCCCCCC/C=C\C/C=C\C/C=C\CCCCCCCCCCCCCOCC(COP(=O)(O)OCC[N+](C)(C)C)OC(=O)CCCCCCCCCCCCCCCC. The topological polar surface area (TPSA) is 91.3 Å². The van der Waals surface area contributed by atoms with Crippen molar-refractivity contribution in [3.05, 3.63) is 36.5 Å². The molecule has 366 valence electrons. The lowest BCUT2D eigenvalue weighted by Gasteiger charge is -2.24. The minimum atomic E-state index is -4.28. The number of esters is 1. The Morgan fingerprint density at radius 1 is 0.500 bits per heavy atom. The van der Waals surface area contributed by atoms with Gasteiger partial charge in [-0.2, -0.15) is 0 Å². The van der Waals surface area contributed by atoms with Gasteiger partial charge in [0.1, 0.15) is 19.3 Å². The first-order valence-corrected chi connectivity index (χ1v) is 27.7. The van der Waals surface area contributed by atoms with Crippen molar-refractivity contribution >= 4 is 13.8 Å². The number of carbonyl (C=O) groups is 1. The molecule has 1 N–H and O–H groups in total. The number of allylic oxidation sites excluding steroid dienone is 6. The van der Waals surface area contributed by atoms with E-state index in [-0.39, 0.29) is 25.8 Å². The monoisotopic (exact) mass is 897 g/mol. The highest BCUT2D eigenvalue weighted by atomic mass is 31.2. The Morgan fingerprint density at radius 2 is 0.887 bits per heavy atom. The van der Waals surface area contributed by atoms with Crippen LogP contribution >= 0.6 is 7.82 Å². The highest BCUT2D eigenvalue weighted by Crippen LogP contribution is 2.43. The van der Waals surface area contributed by atoms with E-state index in [1.54, 1.807) is 0 Å².